The highest BCUT2D eigenvalue weighted by atomic mass is 32.2. The Bertz CT molecular complexity index is 3240. The van der Waals surface area contributed by atoms with Crippen LogP contribution in [0.5, 0.6) is 5.75 Å². The number of aryl methyl sites for hydroxylation is 2. The lowest BCUT2D eigenvalue weighted by molar-refractivity contribution is -0.443. The number of hydrogen-bond donors (Lipinski definition) is 4. The number of nitriles is 1. The van der Waals surface area contributed by atoms with E-state index in [2.05, 4.69) is 25.8 Å². The molecule has 5 heterocycles. The number of unbranched alkanes of at least 4 members (excludes halogenated alkanes) is 3. The Morgan fingerprint density at radius 2 is 1.59 bits per heavy atom. The van der Waals surface area contributed by atoms with Crippen molar-refractivity contribution < 1.29 is 53.0 Å². The zero-order chi connectivity index (χ0) is 50.1. The van der Waals surface area contributed by atoms with Crippen molar-refractivity contribution in [3.63, 3.8) is 0 Å². The van der Waals surface area contributed by atoms with Gasteiger partial charge in [0.15, 0.2) is 10.7 Å². The molecule has 20 heteroatoms. The molecule has 0 radical (unpaired) electrons. The van der Waals surface area contributed by atoms with Gasteiger partial charge in [-0.3, -0.25) is 18.5 Å². The third kappa shape index (κ3) is 10.7. The topological polar surface area (TPSA) is 244 Å². The second kappa shape index (κ2) is 20.5. The molecule has 4 aliphatic heterocycles. The van der Waals surface area contributed by atoms with Crippen LogP contribution in [-0.4, -0.2) is 92.1 Å². The van der Waals surface area contributed by atoms with Gasteiger partial charge in [0.05, 0.1) is 33.6 Å². The first-order valence-corrected chi connectivity index (χ1v) is 28.9. The molecular formula is C50H58N5O11S4+. The molecule has 4 N–H and O–H groups in total. The summed E-state index contributed by atoms with van der Waals surface area (Å²) in [6.45, 7) is 6.02. The van der Waals surface area contributed by atoms with Crippen molar-refractivity contribution in [2.45, 2.75) is 118 Å². The monoisotopic (exact) mass is 1030 g/mol. The number of anilines is 1. The number of allylic oxidation sites excluding steroid dienone is 6. The van der Waals surface area contributed by atoms with Gasteiger partial charge in [-0.15, -0.1) is 11.3 Å². The van der Waals surface area contributed by atoms with Gasteiger partial charge >= 0.3 is 0 Å². The number of benzene rings is 3. The molecule has 1 aromatic heterocycles. The van der Waals surface area contributed by atoms with Gasteiger partial charge in [-0.25, -0.2) is 4.98 Å². The predicted octanol–water partition coefficient (Wildman–Crippen LogP) is 8.28. The molecule has 372 valence electrons. The van der Waals surface area contributed by atoms with Crippen LogP contribution in [0.2, 0.25) is 0 Å². The molecule has 0 saturated carbocycles. The van der Waals surface area contributed by atoms with Gasteiger partial charge in [0.1, 0.15) is 28.2 Å². The zero-order valence-corrected chi connectivity index (χ0v) is 42.5. The number of carbonyl (C=O) groups is 1. The van der Waals surface area contributed by atoms with Crippen molar-refractivity contribution in [2.75, 3.05) is 36.9 Å². The number of aromatic nitrogens is 1. The van der Waals surface area contributed by atoms with E-state index in [1.54, 1.807) is 12.1 Å². The van der Waals surface area contributed by atoms with Crippen molar-refractivity contribution in [1.82, 2.24) is 10.3 Å². The van der Waals surface area contributed by atoms with Gasteiger partial charge < -0.3 is 15.0 Å². The molecule has 0 spiro atoms. The first-order chi connectivity index (χ1) is 33.2. The summed E-state index contributed by atoms with van der Waals surface area (Å²) in [5, 5.41) is 12.5. The minimum atomic E-state index is -4.63. The van der Waals surface area contributed by atoms with Crippen molar-refractivity contribution in [3.8, 4) is 11.8 Å². The molecule has 1 amide bonds. The molecule has 2 unspecified atom stereocenters. The van der Waals surface area contributed by atoms with E-state index in [1.807, 2.05) is 62.4 Å². The van der Waals surface area contributed by atoms with Crippen molar-refractivity contribution in [3.05, 3.63) is 106 Å². The fraction of sp³-hybridized carbons (Fsp3) is 0.440. The van der Waals surface area contributed by atoms with Gasteiger partial charge in [-0.2, -0.15) is 35.1 Å². The van der Waals surface area contributed by atoms with Crippen LogP contribution in [0.15, 0.2) is 88.3 Å². The van der Waals surface area contributed by atoms with Crippen LogP contribution in [0, 0.1) is 11.3 Å². The number of carbonyl (C=O) groups excluding carboxylic acids is 1. The summed E-state index contributed by atoms with van der Waals surface area (Å²) < 4.78 is 114. The quantitative estimate of drug-likeness (QED) is 0.0266. The number of amides is 1. The van der Waals surface area contributed by atoms with Crippen LogP contribution < -0.4 is 15.0 Å². The third-order valence-corrected chi connectivity index (χ3v) is 17.5. The summed E-state index contributed by atoms with van der Waals surface area (Å²) in [5.41, 5.74) is 5.20. The number of hydrogen-bond acceptors (Lipinski definition) is 12. The normalized spacial score (nSPS) is 20.5. The number of fused-ring (bicyclic) bond motifs is 1. The van der Waals surface area contributed by atoms with Crippen LogP contribution in [0.3, 0.4) is 0 Å². The molecule has 70 heavy (non-hydrogen) atoms. The lowest BCUT2D eigenvalue weighted by Crippen LogP contribution is -2.32. The Morgan fingerprint density at radius 3 is 2.33 bits per heavy atom. The maximum atomic E-state index is 13.0. The first kappa shape index (κ1) is 51.1. The van der Waals surface area contributed by atoms with Gasteiger partial charge in [0.25, 0.3) is 30.4 Å². The summed E-state index contributed by atoms with van der Waals surface area (Å²) in [6.07, 6.45) is 16.9. The Balaban J connectivity index is 0.969. The molecule has 0 fully saturated rings. The standard InChI is InChI=1S/C50H57N5O11S4/c1-49(25-8-4-7-18-43(56)52-27-13-30-66-36-21-22-37-38(32-36)67-44(33-51)53-37)41(54-28-11-14-34-19-23-39(69(60,61)62)45(49)47(34)54)16-5-3-6-17-42-50(2,26-9-10-31-68(57,58)59)46-40(70(63,64)65)24-20-35-15-12-29-55(42)48(35)46/h3,5-6,16-17,19-24,32H,4,7-15,18,25-31H2,1-2H3,(H3-,52,56,57,58,59,60,61,62,63,64,65)/p+1. The third-order valence-electron chi connectivity index (χ3n) is 14.0. The second-order valence-electron chi connectivity index (χ2n) is 18.8. The fourth-order valence-corrected chi connectivity index (χ4v) is 13.9. The Kier molecular flexibility index (Phi) is 14.9. The lowest BCUT2D eigenvalue weighted by Gasteiger charge is -2.32. The molecule has 3 aromatic carbocycles. The minimum absolute atomic E-state index is 0.0709. The Morgan fingerprint density at radius 1 is 0.871 bits per heavy atom. The molecule has 0 saturated heterocycles. The molecule has 16 nitrogen and oxygen atoms in total. The number of nitrogens with zero attached hydrogens (tertiary/aromatic N) is 4. The summed E-state index contributed by atoms with van der Waals surface area (Å²) >= 11 is 1.30. The highest BCUT2D eigenvalue weighted by molar-refractivity contribution is 7.86. The van der Waals surface area contributed by atoms with E-state index in [0.29, 0.717) is 99.5 Å². The summed E-state index contributed by atoms with van der Waals surface area (Å²) in [5.74, 6) is 0.165. The van der Waals surface area contributed by atoms with E-state index in [9.17, 15) is 43.7 Å². The maximum Gasteiger partial charge on any atom is 0.295 e. The number of rotatable bonds is 21. The van der Waals surface area contributed by atoms with Crippen LogP contribution >= 0.6 is 11.3 Å². The summed E-state index contributed by atoms with van der Waals surface area (Å²) in [4.78, 5) is 18.9. The molecule has 0 bridgehead atoms. The van der Waals surface area contributed by atoms with E-state index >= 15 is 0 Å². The van der Waals surface area contributed by atoms with Gasteiger partial charge in [-0.05, 0) is 107 Å². The number of nitrogens with one attached hydrogen (secondary N) is 1. The average molecular weight is 1030 g/mol. The average Bonchev–Trinajstić information content (AvgIpc) is 3.91. The van der Waals surface area contributed by atoms with Gasteiger partial charge in [0.2, 0.25) is 11.6 Å². The molecule has 0 aliphatic carbocycles. The van der Waals surface area contributed by atoms with E-state index in [4.69, 9.17) is 10.00 Å². The summed E-state index contributed by atoms with van der Waals surface area (Å²) in [7, 11) is -13.4. The van der Waals surface area contributed by atoms with E-state index in [1.165, 1.54) is 23.5 Å². The van der Waals surface area contributed by atoms with Crippen molar-refractivity contribution in [2.24, 2.45) is 0 Å². The van der Waals surface area contributed by atoms with Gasteiger partial charge in [0, 0.05) is 59.9 Å². The predicted molar refractivity (Wildman–Crippen MR) is 268 cm³/mol. The SMILES string of the molecule is CC1(CCCCS(=O)(=O)O)C(/C=C/C=C/C=C2\N3CCCc4ccc(S(=O)(=O)O)c(c43)C2(C)CCCCCC(=O)NCCCOc2ccc3nc(C#N)sc3c2)=[N+]2CCCc3ccc(S(=O)(=O)O)c1c32. The second-order valence-corrected chi connectivity index (χ2v) is 24.2. The molecular weight excluding hydrogens is 975 g/mol. The maximum absolute atomic E-state index is 13.0. The van der Waals surface area contributed by atoms with E-state index in [-0.39, 0.29) is 22.1 Å². The van der Waals surface area contributed by atoms with Crippen molar-refractivity contribution >= 4 is 74.9 Å². The van der Waals surface area contributed by atoms with Crippen LogP contribution in [0.4, 0.5) is 11.4 Å². The van der Waals surface area contributed by atoms with E-state index in [0.717, 1.165) is 69.8 Å². The van der Waals surface area contributed by atoms with Crippen LogP contribution in [0.25, 0.3) is 10.2 Å². The Labute approximate surface area is 413 Å². The minimum Gasteiger partial charge on any atom is -0.493 e. The zero-order valence-electron chi connectivity index (χ0n) is 39.2. The fourth-order valence-electron chi connectivity index (χ4n) is 10.9. The highest BCUT2D eigenvalue weighted by Gasteiger charge is 2.52. The van der Waals surface area contributed by atoms with Crippen LogP contribution in [0.1, 0.15) is 112 Å². The number of thiazole rings is 1. The Hall–Kier alpha value is -5.27. The van der Waals surface area contributed by atoms with Gasteiger partial charge in [-0.1, -0.05) is 49.6 Å². The molecule has 4 aliphatic rings. The largest absolute Gasteiger partial charge is 0.493 e. The highest BCUT2D eigenvalue weighted by Crippen LogP contribution is 2.56. The van der Waals surface area contributed by atoms with Crippen LogP contribution in [-0.2, 0) is 58.8 Å². The van der Waals surface area contributed by atoms with E-state index < -0.39 is 46.9 Å². The first-order valence-electron chi connectivity index (χ1n) is 23.6. The van der Waals surface area contributed by atoms with Crippen molar-refractivity contribution in [1.29, 1.82) is 5.26 Å². The number of ether oxygens (including phenoxy) is 1. The summed E-state index contributed by atoms with van der Waals surface area (Å²) in [6, 6.07) is 14.0. The lowest BCUT2D eigenvalue weighted by atomic mass is 9.74. The smallest absolute Gasteiger partial charge is 0.295 e. The molecule has 8 rings (SSSR count). The molecule has 2 atom stereocenters. The molecule has 4 aromatic rings.